The third-order valence-corrected chi connectivity index (χ3v) is 4.97. The fourth-order valence-corrected chi connectivity index (χ4v) is 3.05. The van der Waals surface area contributed by atoms with Gasteiger partial charge in [0.05, 0.1) is 11.0 Å². The van der Waals surface area contributed by atoms with Gasteiger partial charge in [0.2, 0.25) is 0 Å². The summed E-state index contributed by atoms with van der Waals surface area (Å²) in [7, 11) is 0. The Bertz CT molecular complexity index is 356. The molecule has 0 saturated carbocycles. The summed E-state index contributed by atoms with van der Waals surface area (Å²) in [6, 6.07) is 2.00. The largest absolute Gasteiger partial charge is 0.452 e. The molecule has 1 saturated heterocycles. The molecule has 1 aromatic rings. The first-order chi connectivity index (χ1) is 8.65. The van der Waals surface area contributed by atoms with Gasteiger partial charge in [-0.2, -0.15) is 0 Å². The Morgan fingerprint density at radius 1 is 1.39 bits per heavy atom. The second-order valence-corrected chi connectivity index (χ2v) is 6.65. The van der Waals surface area contributed by atoms with Crippen molar-refractivity contribution in [3.8, 4) is 0 Å². The Balaban J connectivity index is 1.65. The molecule has 2 rings (SSSR count). The lowest BCUT2D eigenvalue weighted by atomic mass is 10.1. The van der Waals surface area contributed by atoms with Crippen molar-refractivity contribution < 1.29 is 4.42 Å². The number of nitrogens with zero attached hydrogens (tertiary/aromatic N) is 1. The van der Waals surface area contributed by atoms with Crippen molar-refractivity contribution >= 4 is 31.9 Å². The lowest BCUT2D eigenvalue weighted by Crippen LogP contribution is -2.31. The first-order valence-corrected chi connectivity index (χ1v) is 8.10. The highest BCUT2D eigenvalue weighted by Gasteiger charge is 2.14. The maximum Gasteiger partial charge on any atom is 0.183 e. The summed E-state index contributed by atoms with van der Waals surface area (Å²) < 4.78 is 7.27. The van der Waals surface area contributed by atoms with Crippen molar-refractivity contribution in [1.82, 2.24) is 10.2 Å². The Labute approximate surface area is 126 Å². The van der Waals surface area contributed by atoms with Crippen LogP contribution in [-0.4, -0.2) is 31.1 Å². The molecule has 0 amide bonds. The maximum absolute atomic E-state index is 5.53. The summed E-state index contributed by atoms with van der Waals surface area (Å²) in [6.45, 7) is 7.89. The molecule has 1 N–H and O–H groups in total. The Morgan fingerprint density at radius 2 is 2.11 bits per heavy atom. The van der Waals surface area contributed by atoms with E-state index in [9.17, 15) is 0 Å². The van der Waals surface area contributed by atoms with Crippen molar-refractivity contribution in [2.45, 2.75) is 26.3 Å². The second-order valence-electron chi connectivity index (χ2n) is 5.08. The zero-order chi connectivity index (χ0) is 13.0. The molecular formula is C13H20Br2N2O. The van der Waals surface area contributed by atoms with E-state index in [-0.39, 0.29) is 0 Å². The summed E-state index contributed by atoms with van der Waals surface area (Å²) in [6.07, 6.45) is 2.74. The molecular weight excluding hydrogens is 360 g/mol. The van der Waals surface area contributed by atoms with Gasteiger partial charge in [-0.15, -0.1) is 0 Å². The van der Waals surface area contributed by atoms with Gasteiger partial charge in [-0.1, -0.05) is 6.92 Å². The minimum absolute atomic E-state index is 0.685. The number of hydrogen-bond acceptors (Lipinski definition) is 3. The van der Waals surface area contributed by atoms with Crippen LogP contribution in [-0.2, 0) is 6.54 Å². The van der Waals surface area contributed by atoms with Gasteiger partial charge in [-0.25, -0.2) is 0 Å². The molecule has 0 radical (unpaired) electrons. The second kappa shape index (κ2) is 7.08. The topological polar surface area (TPSA) is 28.4 Å². The molecule has 1 aliphatic rings. The van der Waals surface area contributed by atoms with E-state index in [1.807, 2.05) is 6.07 Å². The van der Waals surface area contributed by atoms with Crippen LogP contribution >= 0.6 is 31.9 Å². The number of nitrogens with one attached hydrogen (secondary N) is 1. The van der Waals surface area contributed by atoms with Gasteiger partial charge >= 0.3 is 0 Å². The highest BCUT2D eigenvalue weighted by Crippen LogP contribution is 2.26. The van der Waals surface area contributed by atoms with Crippen LogP contribution < -0.4 is 5.32 Å². The molecule has 0 spiro atoms. The van der Waals surface area contributed by atoms with Crippen LogP contribution in [0.5, 0.6) is 0 Å². The highest BCUT2D eigenvalue weighted by molar-refractivity contribution is 9.13. The minimum Gasteiger partial charge on any atom is -0.452 e. The Morgan fingerprint density at radius 3 is 2.72 bits per heavy atom. The molecule has 5 heteroatoms. The molecule has 18 heavy (non-hydrogen) atoms. The number of furan rings is 1. The monoisotopic (exact) mass is 378 g/mol. The predicted octanol–water partition coefficient (Wildman–Crippen LogP) is 3.63. The summed E-state index contributed by atoms with van der Waals surface area (Å²) >= 11 is 6.77. The Kier molecular flexibility index (Phi) is 5.73. The van der Waals surface area contributed by atoms with E-state index < -0.39 is 0 Å². The Hall–Kier alpha value is 0.160. The van der Waals surface area contributed by atoms with Crippen LogP contribution in [0.15, 0.2) is 19.6 Å². The van der Waals surface area contributed by atoms with Gasteiger partial charge in [0.25, 0.3) is 0 Å². The molecule has 0 bridgehead atoms. The molecule has 1 aliphatic heterocycles. The van der Waals surface area contributed by atoms with Crippen molar-refractivity contribution in [3.63, 3.8) is 0 Å². The first-order valence-electron chi connectivity index (χ1n) is 6.52. The highest BCUT2D eigenvalue weighted by atomic mass is 79.9. The van der Waals surface area contributed by atoms with E-state index >= 15 is 0 Å². The SMILES string of the molecule is CC(CNCc1cc(Br)c(Br)o1)CN1CCCC1. The summed E-state index contributed by atoms with van der Waals surface area (Å²) in [5.74, 6) is 1.65. The normalized spacial score (nSPS) is 18.4. The van der Waals surface area contributed by atoms with Gasteiger partial charge in [0, 0.05) is 6.54 Å². The third kappa shape index (κ3) is 4.37. The minimum atomic E-state index is 0.685. The van der Waals surface area contributed by atoms with Crippen molar-refractivity contribution in [2.24, 2.45) is 5.92 Å². The fraction of sp³-hybridized carbons (Fsp3) is 0.692. The molecule has 1 aromatic heterocycles. The van der Waals surface area contributed by atoms with Gasteiger partial charge in [-0.05, 0) is 76.3 Å². The first kappa shape index (κ1) is 14.6. The van der Waals surface area contributed by atoms with E-state index in [2.05, 4.69) is 49.0 Å². The lowest BCUT2D eigenvalue weighted by Gasteiger charge is -2.20. The average molecular weight is 380 g/mol. The standard InChI is InChI=1S/C13H20Br2N2O/c1-10(9-17-4-2-3-5-17)7-16-8-11-6-12(14)13(15)18-11/h6,10,16H,2-5,7-9H2,1H3. The van der Waals surface area contributed by atoms with Crippen LogP contribution in [0.25, 0.3) is 0 Å². The van der Waals surface area contributed by atoms with Gasteiger partial charge in [-0.3, -0.25) is 0 Å². The average Bonchev–Trinajstić information content (AvgIpc) is 2.90. The van der Waals surface area contributed by atoms with Crippen LogP contribution in [0.3, 0.4) is 0 Å². The molecule has 1 atom stereocenters. The molecule has 102 valence electrons. The lowest BCUT2D eigenvalue weighted by molar-refractivity contribution is 0.281. The van der Waals surface area contributed by atoms with Crippen LogP contribution in [0.2, 0.25) is 0 Å². The molecule has 1 fully saturated rings. The predicted molar refractivity (Wildman–Crippen MR) is 80.7 cm³/mol. The summed E-state index contributed by atoms with van der Waals surface area (Å²) in [5, 5.41) is 3.45. The fourth-order valence-electron chi connectivity index (χ4n) is 2.39. The van der Waals surface area contributed by atoms with E-state index in [4.69, 9.17) is 4.42 Å². The van der Waals surface area contributed by atoms with Crippen LogP contribution in [0.4, 0.5) is 0 Å². The van der Waals surface area contributed by atoms with Gasteiger partial charge in [0.15, 0.2) is 4.67 Å². The summed E-state index contributed by atoms with van der Waals surface area (Å²) in [4.78, 5) is 2.56. The number of hydrogen-bond donors (Lipinski definition) is 1. The number of halogens is 2. The van der Waals surface area contributed by atoms with Gasteiger partial charge < -0.3 is 14.6 Å². The zero-order valence-corrected chi connectivity index (χ0v) is 13.9. The van der Waals surface area contributed by atoms with E-state index in [0.29, 0.717) is 5.92 Å². The molecule has 0 aromatic carbocycles. The molecule has 0 aliphatic carbocycles. The van der Waals surface area contributed by atoms with Crippen molar-refractivity contribution in [2.75, 3.05) is 26.2 Å². The van der Waals surface area contributed by atoms with Crippen LogP contribution in [0.1, 0.15) is 25.5 Å². The van der Waals surface area contributed by atoms with Crippen LogP contribution in [0, 0.1) is 5.92 Å². The quantitative estimate of drug-likeness (QED) is 0.818. The summed E-state index contributed by atoms with van der Waals surface area (Å²) in [5.41, 5.74) is 0. The zero-order valence-electron chi connectivity index (χ0n) is 10.7. The van der Waals surface area contributed by atoms with E-state index in [1.54, 1.807) is 0 Å². The van der Waals surface area contributed by atoms with E-state index in [0.717, 1.165) is 28.0 Å². The molecule has 3 nitrogen and oxygen atoms in total. The van der Waals surface area contributed by atoms with E-state index in [1.165, 1.54) is 32.5 Å². The third-order valence-electron chi connectivity index (χ3n) is 3.26. The number of rotatable bonds is 6. The number of likely N-dealkylation sites (tertiary alicyclic amines) is 1. The van der Waals surface area contributed by atoms with Crippen molar-refractivity contribution in [1.29, 1.82) is 0 Å². The van der Waals surface area contributed by atoms with Gasteiger partial charge in [0.1, 0.15) is 5.76 Å². The van der Waals surface area contributed by atoms with Crippen molar-refractivity contribution in [3.05, 3.63) is 21.0 Å². The maximum atomic E-state index is 5.53. The molecule has 1 unspecified atom stereocenters. The smallest absolute Gasteiger partial charge is 0.183 e. The molecule has 2 heterocycles.